The van der Waals surface area contributed by atoms with Crippen molar-refractivity contribution in [3.8, 4) is 6.07 Å². The molecule has 1 aliphatic heterocycles. The van der Waals surface area contributed by atoms with Crippen molar-refractivity contribution < 1.29 is 9.90 Å². The molecule has 6 nitrogen and oxygen atoms in total. The van der Waals surface area contributed by atoms with Gasteiger partial charge in [-0.15, -0.1) is 0 Å². The van der Waals surface area contributed by atoms with Gasteiger partial charge >= 0.3 is 5.97 Å². The standard InChI is InChI=1S/C13H12N4O2/c14-8-10(12(18)19)9-16-13-15-6-7-17(13)11-4-2-1-3-5-11/h1-5,9H,6-7H2,(H,15,16)(H,18,19). The maximum atomic E-state index is 10.7. The average molecular weight is 256 g/mol. The summed E-state index contributed by atoms with van der Waals surface area (Å²) in [6.07, 6.45) is 1.16. The summed E-state index contributed by atoms with van der Waals surface area (Å²) in [6, 6.07) is 11.2. The van der Waals surface area contributed by atoms with Crippen molar-refractivity contribution >= 4 is 17.6 Å². The van der Waals surface area contributed by atoms with Gasteiger partial charge in [-0.25, -0.2) is 4.79 Å². The third-order valence-corrected chi connectivity index (χ3v) is 2.61. The molecule has 0 aliphatic carbocycles. The first-order valence-electron chi connectivity index (χ1n) is 5.69. The molecule has 0 saturated heterocycles. The van der Waals surface area contributed by atoms with E-state index in [0.717, 1.165) is 18.4 Å². The van der Waals surface area contributed by atoms with Crippen LogP contribution in [0.4, 0.5) is 5.69 Å². The van der Waals surface area contributed by atoms with Gasteiger partial charge in [0, 0.05) is 18.4 Å². The Kier molecular flexibility index (Phi) is 3.78. The number of aliphatic imine (C=N–C) groups is 1. The summed E-state index contributed by atoms with van der Waals surface area (Å²) in [5.74, 6) is -0.722. The fourth-order valence-electron chi connectivity index (χ4n) is 1.71. The van der Waals surface area contributed by atoms with E-state index in [2.05, 4.69) is 10.3 Å². The number of carboxylic acids is 1. The smallest absolute Gasteiger partial charge is 0.347 e. The quantitative estimate of drug-likeness (QED) is 0.620. The SMILES string of the molecule is N#CC(=CNC1=NCCN1c1ccccc1)C(=O)O. The molecule has 0 atom stereocenters. The van der Waals surface area contributed by atoms with Crippen molar-refractivity contribution in [1.29, 1.82) is 5.26 Å². The van der Waals surface area contributed by atoms with Crippen LogP contribution in [0.15, 0.2) is 47.1 Å². The zero-order chi connectivity index (χ0) is 13.7. The van der Waals surface area contributed by atoms with Crippen molar-refractivity contribution in [2.45, 2.75) is 0 Å². The van der Waals surface area contributed by atoms with E-state index in [1.807, 2.05) is 35.2 Å². The van der Waals surface area contributed by atoms with Crippen molar-refractivity contribution in [2.75, 3.05) is 18.0 Å². The second-order valence-electron chi connectivity index (χ2n) is 3.81. The Morgan fingerprint density at radius 1 is 1.47 bits per heavy atom. The van der Waals surface area contributed by atoms with Crippen LogP contribution in [0.2, 0.25) is 0 Å². The highest BCUT2D eigenvalue weighted by Crippen LogP contribution is 2.15. The van der Waals surface area contributed by atoms with Crippen LogP contribution in [-0.2, 0) is 4.79 Å². The molecular weight excluding hydrogens is 244 g/mol. The molecule has 1 aliphatic rings. The maximum Gasteiger partial charge on any atom is 0.347 e. The van der Waals surface area contributed by atoms with Gasteiger partial charge in [-0.3, -0.25) is 4.99 Å². The van der Waals surface area contributed by atoms with Gasteiger partial charge in [-0.05, 0) is 12.1 Å². The molecule has 1 heterocycles. The molecule has 1 aromatic carbocycles. The Balaban J connectivity index is 2.13. The molecule has 0 aromatic heterocycles. The number of rotatable bonds is 3. The lowest BCUT2D eigenvalue weighted by Crippen LogP contribution is -2.36. The highest BCUT2D eigenvalue weighted by atomic mass is 16.4. The molecule has 6 heteroatoms. The van der Waals surface area contributed by atoms with Crippen molar-refractivity contribution in [3.63, 3.8) is 0 Å². The Morgan fingerprint density at radius 3 is 2.84 bits per heavy atom. The lowest BCUT2D eigenvalue weighted by molar-refractivity contribution is -0.132. The van der Waals surface area contributed by atoms with E-state index in [1.165, 1.54) is 0 Å². The van der Waals surface area contributed by atoms with E-state index < -0.39 is 5.97 Å². The molecule has 0 bridgehead atoms. The molecule has 0 amide bonds. The molecule has 2 rings (SSSR count). The predicted octanol–water partition coefficient (Wildman–Crippen LogP) is 0.944. The van der Waals surface area contributed by atoms with Gasteiger partial charge in [-0.2, -0.15) is 5.26 Å². The maximum absolute atomic E-state index is 10.7. The number of carbonyl (C=O) groups is 1. The van der Waals surface area contributed by atoms with Gasteiger partial charge in [0.2, 0.25) is 5.96 Å². The Morgan fingerprint density at radius 2 is 2.21 bits per heavy atom. The molecule has 19 heavy (non-hydrogen) atoms. The number of guanidine groups is 1. The second-order valence-corrected chi connectivity index (χ2v) is 3.81. The van der Waals surface area contributed by atoms with Gasteiger partial charge in [0.25, 0.3) is 0 Å². The summed E-state index contributed by atoms with van der Waals surface area (Å²) in [7, 11) is 0. The molecule has 0 saturated carbocycles. The summed E-state index contributed by atoms with van der Waals surface area (Å²) >= 11 is 0. The van der Waals surface area contributed by atoms with Crippen LogP contribution in [0.25, 0.3) is 0 Å². The van der Waals surface area contributed by atoms with Crippen LogP contribution in [-0.4, -0.2) is 30.1 Å². The number of benzene rings is 1. The molecule has 0 spiro atoms. The number of nitrogens with zero attached hydrogens (tertiary/aromatic N) is 3. The van der Waals surface area contributed by atoms with Crippen LogP contribution in [0.1, 0.15) is 0 Å². The molecule has 96 valence electrons. The van der Waals surface area contributed by atoms with Gasteiger partial charge < -0.3 is 15.3 Å². The number of carboxylic acid groups (broad SMARTS) is 1. The highest BCUT2D eigenvalue weighted by molar-refractivity contribution is 5.99. The lowest BCUT2D eigenvalue weighted by atomic mass is 10.3. The van der Waals surface area contributed by atoms with Crippen molar-refractivity contribution in [3.05, 3.63) is 42.1 Å². The first-order valence-corrected chi connectivity index (χ1v) is 5.69. The van der Waals surface area contributed by atoms with Gasteiger partial charge in [0.1, 0.15) is 6.07 Å². The van der Waals surface area contributed by atoms with Crippen LogP contribution in [0, 0.1) is 11.3 Å². The van der Waals surface area contributed by atoms with Crippen LogP contribution >= 0.6 is 0 Å². The minimum atomic E-state index is -1.26. The molecule has 0 unspecified atom stereocenters. The summed E-state index contributed by atoms with van der Waals surface area (Å²) in [4.78, 5) is 16.9. The number of nitrogens with one attached hydrogen (secondary N) is 1. The summed E-state index contributed by atoms with van der Waals surface area (Å²) in [5.41, 5.74) is 0.607. The van der Waals surface area contributed by atoms with Crippen LogP contribution in [0.5, 0.6) is 0 Å². The highest BCUT2D eigenvalue weighted by Gasteiger charge is 2.18. The number of aliphatic carboxylic acids is 1. The fraction of sp³-hybridized carbons (Fsp3) is 0.154. The molecule has 0 fully saturated rings. The zero-order valence-electron chi connectivity index (χ0n) is 10.1. The monoisotopic (exact) mass is 256 g/mol. The Labute approximate surface area is 110 Å². The van der Waals surface area contributed by atoms with E-state index in [1.54, 1.807) is 6.07 Å². The van der Waals surface area contributed by atoms with Gasteiger partial charge in [0.15, 0.2) is 5.57 Å². The van der Waals surface area contributed by atoms with Crippen molar-refractivity contribution in [1.82, 2.24) is 5.32 Å². The van der Waals surface area contributed by atoms with E-state index in [-0.39, 0.29) is 5.57 Å². The van der Waals surface area contributed by atoms with E-state index >= 15 is 0 Å². The normalized spacial score (nSPS) is 14.8. The summed E-state index contributed by atoms with van der Waals surface area (Å²) < 4.78 is 0. The van der Waals surface area contributed by atoms with Crippen LogP contribution < -0.4 is 10.2 Å². The number of anilines is 1. The minimum Gasteiger partial charge on any atom is -0.477 e. The fourth-order valence-corrected chi connectivity index (χ4v) is 1.71. The molecule has 1 aromatic rings. The Hall–Kier alpha value is -2.81. The molecule has 0 radical (unpaired) electrons. The third-order valence-electron chi connectivity index (χ3n) is 2.61. The largest absolute Gasteiger partial charge is 0.477 e. The Bertz CT molecular complexity index is 572. The van der Waals surface area contributed by atoms with E-state index in [0.29, 0.717) is 12.5 Å². The molecule has 2 N–H and O–H groups in total. The van der Waals surface area contributed by atoms with Gasteiger partial charge in [0.05, 0.1) is 6.54 Å². The van der Waals surface area contributed by atoms with Gasteiger partial charge in [-0.1, -0.05) is 18.2 Å². The number of para-hydroxylation sites is 1. The lowest BCUT2D eigenvalue weighted by Gasteiger charge is -2.19. The average Bonchev–Trinajstić information content (AvgIpc) is 2.88. The minimum absolute atomic E-state index is 0.359. The zero-order valence-corrected chi connectivity index (χ0v) is 10.1. The number of hydrogen-bond acceptors (Lipinski definition) is 5. The topological polar surface area (TPSA) is 88.7 Å². The van der Waals surface area contributed by atoms with E-state index in [4.69, 9.17) is 10.4 Å². The first kappa shape index (κ1) is 12.6. The molecular formula is C13H12N4O2. The first-order chi connectivity index (χ1) is 9.22. The van der Waals surface area contributed by atoms with Crippen molar-refractivity contribution in [2.24, 2.45) is 4.99 Å². The van der Waals surface area contributed by atoms with E-state index in [9.17, 15) is 4.79 Å². The third kappa shape index (κ3) is 2.90. The second kappa shape index (κ2) is 5.69. The predicted molar refractivity (Wildman–Crippen MR) is 70.6 cm³/mol. The summed E-state index contributed by atoms with van der Waals surface area (Å²) in [6.45, 7) is 1.34. The van der Waals surface area contributed by atoms with Crippen LogP contribution in [0.3, 0.4) is 0 Å². The summed E-state index contributed by atoms with van der Waals surface area (Å²) in [5, 5.41) is 20.2. The number of hydrogen-bond donors (Lipinski definition) is 2. The number of nitriles is 1.